The van der Waals surface area contributed by atoms with Crippen LogP contribution < -0.4 is 4.74 Å². The molecule has 6 heteroatoms. The lowest BCUT2D eigenvalue weighted by Crippen LogP contribution is -2.25. The zero-order valence-corrected chi connectivity index (χ0v) is 17.0. The zero-order chi connectivity index (χ0) is 20.8. The van der Waals surface area contributed by atoms with E-state index in [1.807, 2.05) is 30.3 Å². The number of aliphatic hydroxyl groups is 2. The fourth-order valence-corrected chi connectivity index (χ4v) is 4.58. The van der Waals surface area contributed by atoms with E-state index in [1.165, 1.54) is 5.56 Å². The second-order valence-corrected chi connectivity index (χ2v) is 8.24. The van der Waals surface area contributed by atoms with Crippen LogP contribution in [0, 0.1) is 11.8 Å². The first-order chi connectivity index (χ1) is 14.0. The number of halogens is 1. The molecule has 0 spiro atoms. The fourth-order valence-electron chi connectivity index (χ4n) is 4.12. The van der Waals surface area contributed by atoms with E-state index in [1.54, 1.807) is 6.07 Å². The molecule has 4 atom stereocenters. The van der Waals surface area contributed by atoms with Gasteiger partial charge >= 0.3 is 5.97 Å². The quantitative estimate of drug-likeness (QED) is 0.545. The Balaban J connectivity index is 1.69. The van der Waals surface area contributed by atoms with E-state index in [2.05, 4.69) is 12.1 Å². The van der Waals surface area contributed by atoms with Crippen molar-refractivity contribution in [2.24, 2.45) is 11.8 Å². The van der Waals surface area contributed by atoms with Gasteiger partial charge in [-0.3, -0.25) is 0 Å². The standard InChI is InChI=1S/C23H27ClO5/c24-21-13-22(26)20(12-17-2-1-3-18(10-17)29-14-23(27)28)19(21)11-16-6-4-15(5-7-16)8-9-25/h1-7,10,19-22,25-26H,8-9,11-14H2,(H,27,28)/t19?,20-,21?,22?/m1/s1. The van der Waals surface area contributed by atoms with Crippen molar-refractivity contribution in [3.8, 4) is 5.75 Å². The van der Waals surface area contributed by atoms with Crippen LogP contribution in [0.5, 0.6) is 5.75 Å². The highest BCUT2D eigenvalue weighted by Gasteiger charge is 2.41. The number of hydrogen-bond acceptors (Lipinski definition) is 4. The average Bonchev–Trinajstić information content (AvgIpc) is 2.95. The van der Waals surface area contributed by atoms with Gasteiger partial charge < -0.3 is 20.1 Å². The number of hydrogen-bond donors (Lipinski definition) is 3. The van der Waals surface area contributed by atoms with Crippen LogP contribution in [-0.4, -0.2) is 46.0 Å². The molecule has 2 aromatic carbocycles. The number of benzene rings is 2. The van der Waals surface area contributed by atoms with E-state index in [9.17, 15) is 9.90 Å². The van der Waals surface area contributed by atoms with E-state index in [0.29, 0.717) is 25.0 Å². The van der Waals surface area contributed by atoms with E-state index in [4.69, 9.17) is 26.6 Å². The van der Waals surface area contributed by atoms with E-state index < -0.39 is 12.1 Å². The highest BCUT2D eigenvalue weighted by molar-refractivity contribution is 6.21. The lowest BCUT2D eigenvalue weighted by Gasteiger charge is -2.24. The third kappa shape index (κ3) is 5.95. The Morgan fingerprint density at radius 3 is 2.41 bits per heavy atom. The van der Waals surface area contributed by atoms with Gasteiger partial charge in [-0.05, 0) is 66.3 Å². The molecule has 1 fully saturated rings. The third-order valence-corrected chi connectivity index (χ3v) is 6.10. The van der Waals surface area contributed by atoms with Crippen molar-refractivity contribution in [2.45, 2.75) is 37.2 Å². The summed E-state index contributed by atoms with van der Waals surface area (Å²) in [7, 11) is 0. The van der Waals surface area contributed by atoms with E-state index in [0.717, 1.165) is 17.5 Å². The van der Waals surface area contributed by atoms with Gasteiger partial charge in [-0.25, -0.2) is 4.79 Å². The van der Waals surface area contributed by atoms with Crippen LogP contribution in [0.4, 0.5) is 0 Å². The largest absolute Gasteiger partial charge is 0.482 e. The molecule has 5 nitrogen and oxygen atoms in total. The molecule has 0 aliphatic heterocycles. The number of aliphatic hydroxyl groups excluding tert-OH is 2. The molecule has 0 saturated heterocycles. The molecule has 29 heavy (non-hydrogen) atoms. The number of rotatable bonds is 9. The maximum absolute atomic E-state index is 10.7. The summed E-state index contributed by atoms with van der Waals surface area (Å²) in [6.45, 7) is -0.247. The smallest absolute Gasteiger partial charge is 0.341 e. The minimum Gasteiger partial charge on any atom is -0.482 e. The van der Waals surface area contributed by atoms with Crippen LogP contribution in [0.15, 0.2) is 48.5 Å². The highest BCUT2D eigenvalue weighted by Crippen LogP contribution is 2.40. The maximum Gasteiger partial charge on any atom is 0.341 e. The second-order valence-electron chi connectivity index (χ2n) is 7.67. The van der Waals surface area contributed by atoms with Gasteiger partial charge in [0.25, 0.3) is 0 Å². The number of carboxylic acids is 1. The average molecular weight is 419 g/mol. The van der Waals surface area contributed by atoms with Crippen molar-refractivity contribution in [1.29, 1.82) is 0 Å². The summed E-state index contributed by atoms with van der Waals surface area (Å²) >= 11 is 6.60. The first-order valence-corrected chi connectivity index (χ1v) is 10.3. The number of ether oxygens (including phenoxy) is 1. The van der Waals surface area contributed by atoms with Crippen LogP contribution in [0.25, 0.3) is 0 Å². The summed E-state index contributed by atoms with van der Waals surface area (Å²) in [6.07, 6.45) is 2.17. The van der Waals surface area contributed by atoms with Crippen LogP contribution in [0.1, 0.15) is 23.1 Å². The first kappa shape index (κ1) is 21.6. The molecule has 1 aliphatic carbocycles. The number of alkyl halides is 1. The molecule has 1 saturated carbocycles. The summed E-state index contributed by atoms with van der Waals surface area (Å²) in [5, 5.41) is 28.3. The molecule has 3 N–H and O–H groups in total. The summed E-state index contributed by atoms with van der Waals surface area (Å²) < 4.78 is 5.27. The topological polar surface area (TPSA) is 87.0 Å². The second kappa shape index (κ2) is 10.1. The summed E-state index contributed by atoms with van der Waals surface area (Å²) in [4.78, 5) is 10.7. The molecule has 0 radical (unpaired) electrons. The van der Waals surface area contributed by atoms with Gasteiger partial charge in [-0.2, -0.15) is 0 Å². The molecule has 3 rings (SSSR count). The first-order valence-electron chi connectivity index (χ1n) is 9.90. The van der Waals surface area contributed by atoms with Crippen molar-refractivity contribution >= 4 is 17.6 Å². The Bertz CT molecular complexity index is 807. The number of aliphatic carboxylic acids is 1. The predicted molar refractivity (Wildman–Crippen MR) is 111 cm³/mol. The molecule has 1 aliphatic rings. The van der Waals surface area contributed by atoms with E-state index >= 15 is 0 Å². The minimum absolute atomic E-state index is 0.0179. The van der Waals surface area contributed by atoms with Crippen LogP contribution in [0.3, 0.4) is 0 Å². The van der Waals surface area contributed by atoms with Gasteiger partial charge in [-0.1, -0.05) is 36.4 Å². The molecule has 3 unspecified atom stereocenters. The van der Waals surface area contributed by atoms with Gasteiger partial charge in [0.05, 0.1) is 6.10 Å². The van der Waals surface area contributed by atoms with E-state index in [-0.39, 0.29) is 30.4 Å². The Kier molecular flexibility index (Phi) is 7.53. The Hall–Kier alpha value is -2.08. The van der Waals surface area contributed by atoms with Crippen molar-refractivity contribution in [2.75, 3.05) is 13.2 Å². The van der Waals surface area contributed by atoms with Crippen molar-refractivity contribution in [3.05, 3.63) is 65.2 Å². The lowest BCUT2D eigenvalue weighted by atomic mass is 9.84. The van der Waals surface area contributed by atoms with Crippen molar-refractivity contribution < 1.29 is 24.9 Å². The van der Waals surface area contributed by atoms with Crippen LogP contribution in [0.2, 0.25) is 0 Å². The Morgan fingerprint density at radius 1 is 1.03 bits per heavy atom. The van der Waals surface area contributed by atoms with Gasteiger partial charge in [0, 0.05) is 12.0 Å². The van der Waals surface area contributed by atoms with Crippen LogP contribution >= 0.6 is 11.6 Å². The summed E-state index contributed by atoms with van der Waals surface area (Å²) in [5.41, 5.74) is 3.26. The van der Waals surface area contributed by atoms with Crippen molar-refractivity contribution in [3.63, 3.8) is 0 Å². The molecular formula is C23H27ClO5. The lowest BCUT2D eigenvalue weighted by molar-refractivity contribution is -0.139. The monoisotopic (exact) mass is 418 g/mol. The van der Waals surface area contributed by atoms with Gasteiger partial charge in [0.15, 0.2) is 6.61 Å². The molecule has 2 aromatic rings. The fraction of sp³-hybridized carbons (Fsp3) is 0.435. The van der Waals surface area contributed by atoms with Gasteiger partial charge in [0.1, 0.15) is 5.75 Å². The molecule has 0 amide bonds. The Labute approximate surface area is 175 Å². The summed E-state index contributed by atoms with van der Waals surface area (Å²) in [6, 6.07) is 15.5. The van der Waals surface area contributed by atoms with Gasteiger partial charge in [-0.15, -0.1) is 11.6 Å². The highest BCUT2D eigenvalue weighted by atomic mass is 35.5. The zero-order valence-electron chi connectivity index (χ0n) is 16.2. The minimum atomic E-state index is -1.02. The van der Waals surface area contributed by atoms with Crippen molar-refractivity contribution in [1.82, 2.24) is 0 Å². The molecular weight excluding hydrogens is 392 g/mol. The SMILES string of the molecule is O=C(O)COc1cccc(C[C@H]2C(O)CC(Cl)C2Cc2ccc(CCO)cc2)c1. The molecule has 0 aromatic heterocycles. The summed E-state index contributed by atoms with van der Waals surface area (Å²) in [5.74, 6) is -0.351. The van der Waals surface area contributed by atoms with Gasteiger partial charge in [0.2, 0.25) is 0 Å². The molecule has 156 valence electrons. The molecule has 0 bridgehead atoms. The Morgan fingerprint density at radius 2 is 1.72 bits per heavy atom. The normalized spacial score (nSPS) is 23.8. The van der Waals surface area contributed by atoms with Crippen LogP contribution in [-0.2, 0) is 24.1 Å². The number of carbonyl (C=O) groups is 1. The number of carboxylic acid groups (broad SMARTS) is 1. The maximum atomic E-state index is 10.7. The predicted octanol–water partition coefficient (Wildman–Crippen LogP) is 3.07. The third-order valence-electron chi connectivity index (χ3n) is 5.60. The molecule has 0 heterocycles.